The van der Waals surface area contributed by atoms with E-state index < -0.39 is 17.1 Å². The Morgan fingerprint density at radius 3 is 2.03 bits per heavy atom. The Kier molecular flexibility index (Phi) is 8.68. The molecule has 0 atom stereocenters. The van der Waals surface area contributed by atoms with Gasteiger partial charge in [0.1, 0.15) is 16.4 Å². The second kappa shape index (κ2) is 12.5. The largest absolute Gasteiger partial charge is 0.494 e. The highest BCUT2D eigenvalue weighted by Crippen LogP contribution is 2.15. The molecule has 194 valence electrons. The van der Waals surface area contributed by atoms with Crippen LogP contribution in [0.25, 0.3) is 12.2 Å². The van der Waals surface area contributed by atoms with Gasteiger partial charge >= 0.3 is 5.97 Å². The van der Waals surface area contributed by atoms with Gasteiger partial charge in [0.15, 0.2) is 0 Å². The molecule has 0 fully saturated rings. The maximum atomic E-state index is 12.6. The zero-order chi connectivity index (χ0) is 26.9. The summed E-state index contributed by atoms with van der Waals surface area (Å²) in [6, 6.07) is 17.4. The fourth-order valence-electron chi connectivity index (χ4n) is 3.52. The topological polar surface area (TPSA) is 141 Å². The summed E-state index contributed by atoms with van der Waals surface area (Å²) >= 11 is 1.35. The Morgan fingerprint density at radius 1 is 0.868 bits per heavy atom. The Morgan fingerprint density at radius 2 is 1.47 bits per heavy atom. The number of ether oxygens (including phenoxy) is 1. The van der Waals surface area contributed by atoms with Gasteiger partial charge in [-0.05, 0) is 71.8 Å². The smallest absolute Gasteiger partial charge is 0.303 e. The molecule has 38 heavy (non-hydrogen) atoms. The number of anilines is 1. The highest BCUT2D eigenvalue weighted by Gasteiger charge is 2.06. The number of amides is 1. The SMILES string of the molecule is O=C(O)CCCCOc1ccc(/C=c2\[nH]c(=O)/c(=C/c3ccc(NC(=O)c4cccs4)cc3)[nH]c2=O)cc1. The molecule has 0 aliphatic heterocycles. The second-order valence-electron chi connectivity index (χ2n) is 8.35. The van der Waals surface area contributed by atoms with Crippen LogP contribution in [0, 0.1) is 0 Å². The van der Waals surface area contributed by atoms with E-state index in [1.54, 1.807) is 72.8 Å². The van der Waals surface area contributed by atoms with Crippen molar-refractivity contribution < 1.29 is 19.4 Å². The second-order valence-corrected chi connectivity index (χ2v) is 9.29. The standard InChI is InChI=1S/C28H25N3O6S/c32-25(33)5-1-2-14-37-21-12-8-19(9-13-21)17-23-27(35)30-22(26(34)31-23)16-18-6-10-20(11-7-18)29-28(36)24-4-3-15-38-24/h3-4,6-13,15-17H,1-2,5,14H2,(H,29,36)(H,30,35)(H,31,34)(H,32,33)/b22-16-,23-17-. The first-order chi connectivity index (χ1) is 18.4. The summed E-state index contributed by atoms with van der Waals surface area (Å²) in [5.74, 6) is -0.392. The zero-order valence-corrected chi connectivity index (χ0v) is 21.0. The Labute approximate surface area is 220 Å². The van der Waals surface area contributed by atoms with Crippen molar-refractivity contribution in [3.63, 3.8) is 0 Å². The zero-order valence-electron chi connectivity index (χ0n) is 20.2. The van der Waals surface area contributed by atoms with Crippen LogP contribution in [0.3, 0.4) is 0 Å². The predicted molar refractivity (Wildman–Crippen MR) is 146 cm³/mol. The maximum absolute atomic E-state index is 12.6. The van der Waals surface area contributed by atoms with Crippen molar-refractivity contribution in [2.45, 2.75) is 19.3 Å². The first kappa shape index (κ1) is 26.4. The fourth-order valence-corrected chi connectivity index (χ4v) is 4.14. The van der Waals surface area contributed by atoms with Crippen molar-refractivity contribution in [3.05, 3.63) is 113 Å². The summed E-state index contributed by atoms with van der Waals surface area (Å²) in [5, 5.41) is 13.5. The Balaban J connectivity index is 1.43. The Hall–Kier alpha value is -4.70. The highest BCUT2D eigenvalue weighted by molar-refractivity contribution is 7.12. The molecule has 2 aromatic carbocycles. The number of rotatable bonds is 10. The lowest BCUT2D eigenvalue weighted by Gasteiger charge is -2.05. The van der Waals surface area contributed by atoms with Crippen LogP contribution in [-0.4, -0.2) is 33.6 Å². The monoisotopic (exact) mass is 531 g/mol. The van der Waals surface area contributed by atoms with Crippen molar-refractivity contribution in [2.24, 2.45) is 0 Å². The molecule has 1 amide bonds. The lowest BCUT2D eigenvalue weighted by molar-refractivity contribution is -0.137. The number of carbonyl (C=O) groups is 2. The van der Waals surface area contributed by atoms with Crippen molar-refractivity contribution in [1.29, 1.82) is 0 Å². The van der Waals surface area contributed by atoms with E-state index in [4.69, 9.17) is 9.84 Å². The number of H-pyrrole nitrogens is 2. The van der Waals surface area contributed by atoms with E-state index in [1.807, 2.05) is 5.38 Å². The maximum Gasteiger partial charge on any atom is 0.303 e. The highest BCUT2D eigenvalue weighted by atomic mass is 32.1. The van der Waals surface area contributed by atoms with Crippen molar-refractivity contribution in [3.8, 4) is 5.75 Å². The molecule has 9 nitrogen and oxygen atoms in total. The number of aromatic nitrogens is 2. The van der Waals surface area contributed by atoms with Gasteiger partial charge in [0.25, 0.3) is 17.0 Å². The number of carboxylic acid groups (broad SMARTS) is 1. The molecule has 0 unspecified atom stereocenters. The molecule has 0 saturated heterocycles. The van der Waals surface area contributed by atoms with E-state index in [-0.39, 0.29) is 23.0 Å². The lowest BCUT2D eigenvalue weighted by atomic mass is 10.2. The van der Waals surface area contributed by atoms with Crippen LogP contribution in [0.4, 0.5) is 5.69 Å². The van der Waals surface area contributed by atoms with Gasteiger partial charge in [0.05, 0.1) is 11.5 Å². The summed E-state index contributed by atoms with van der Waals surface area (Å²) in [6.07, 6.45) is 4.41. The minimum atomic E-state index is -0.824. The van der Waals surface area contributed by atoms with Crippen molar-refractivity contribution in [2.75, 3.05) is 11.9 Å². The quantitative estimate of drug-likeness (QED) is 0.232. The van der Waals surface area contributed by atoms with E-state index in [0.29, 0.717) is 46.9 Å². The van der Waals surface area contributed by atoms with Crippen molar-refractivity contribution in [1.82, 2.24) is 9.97 Å². The van der Waals surface area contributed by atoms with E-state index in [9.17, 15) is 19.2 Å². The number of carboxylic acids is 1. The molecular weight excluding hydrogens is 506 g/mol. The molecule has 4 rings (SSSR count). The van der Waals surface area contributed by atoms with E-state index in [0.717, 1.165) is 0 Å². The number of benzene rings is 2. The van der Waals surface area contributed by atoms with Gasteiger partial charge in [-0.3, -0.25) is 19.2 Å². The summed E-state index contributed by atoms with van der Waals surface area (Å²) in [7, 11) is 0. The van der Waals surface area contributed by atoms with Gasteiger partial charge in [0.2, 0.25) is 0 Å². The molecule has 0 saturated carbocycles. The first-order valence-electron chi connectivity index (χ1n) is 11.8. The van der Waals surface area contributed by atoms with E-state index >= 15 is 0 Å². The first-order valence-corrected chi connectivity index (χ1v) is 12.7. The van der Waals surface area contributed by atoms with Gasteiger partial charge < -0.3 is 25.1 Å². The van der Waals surface area contributed by atoms with Crippen LogP contribution in [0.5, 0.6) is 5.75 Å². The molecule has 0 aliphatic carbocycles. The number of aromatic amines is 2. The van der Waals surface area contributed by atoms with Crippen molar-refractivity contribution >= 4 is 41.1 Å². The minimum absolute atomic E-state index is 0.106. The third-order valence-electron chi connectivity index (χ3n) is 5.45. The average Bonchev–Trinajstić information content (AvgIpc) is 3.44. The average molecular weight is 532 g/mol. The van der Waals surface area contributed by atoms with Crippen LogP contribution in [0.2, 0.25) is 0 Å². The van der Waals surface area contributed by atoms with Crippen LogP contribution < -0.4 is 31.9 Å². The van der Waals surface area contributed by atoms with Gasteiger partial charge in [-0.25, -0.2) is 0 Å². The molecule has 2 heterocycles. The van der Waals surface area contributed by atoms with Crippen LogP contribution in [0.15, 0.2) is 75.6 Å². The summed E-state index contributed by atoms with van der Waals surface area (Å²) in [4.78, 5) is 53.8. The molecule has 0 spiro atoms. The molecule has 0 radical (unpaired) electrons. The normalized spacial score (nSPS) is 11.9. The molecular formula is C28H25N3O6S. The number of carbonyl (C=O) groups excluding carboxylic acids is 1. The molecule has 0 bridgehead atoms. The van der Waals surface area contributed by atoms with Gasteiger partial charge in [-0.15, -0.1) is 11.3 Å². The van der Waals surface area contributed by atoms with E-state index in [1.165, 1.54) is 11.3 Å². The molecule has 4 aromatic rings. The number of hydrogen-bond donors (Lipinski definition) is 4. The van der Waals surface area contributed by atoms with Crippen LogP contribution in [-0.2, 0) is 4.79 Å². The Bertz CT molecular complexity index is 1640. The fraction of sp³-hybridized carbons (Fsp3) is 0.143. The van der Waals surface area contributed by atoms with Gasteiger partial charge in [-0.1, -0.05) is 30.3 Å². The van der Waals surface area contributed by atoms with Crippen LogP contribution in [0.1, 0.15) is 40.1 Å². The van der Waals surface area contributed by atoms with E-state index in [2.05, 4.69) is 15.3 Å². The minimum Gasteiger partial charge on any atom is -0.494 e. The van der Waals surface area contributed by atoms with Crippen LogP contribution >= 0.6 is 11.3 Å². The number of hydrogen-bond acceptors (Lipinski definition) is 6. The summed E-state index contributed by atoms with van der Waals surface area (Å²) in [6.45, 7) is 0.411. The predicted octanol–water partition coefficient (Wildman–Crippen LogP) is 2.67. The number of nitrogens with one attached hydrogen (secondary N) is 3. The summed E-state index contributed by atoms with van der Waals surface area (Å²) < 4.78 is 5.59. The van der Waals surface area contributed by atoms with Gasteiger partial charge in [-0.2, -0.15) is 0 Å². The molecule has 2 aromatic heterocycles. The number of thiophene rings is 1. The number of aliphatic carboxylic acids is 1. The molecule has 0 aliphatic rings. The molecule has 4 N–H and O–H groups in total. The number of unbranched alkanes of at least 4 members (excludes halogenated alkanes) is 1. The lowest BCUT2D eigenvalue weighted by Crippen LogP contribution is -2.46. The summed E-state index contributed by atoms with van der Waals surface area (Å²) in [5.41, 5.74) is 1.08. The third kappa shape index (κ3) is 7.40. The third-order valence-corrected chi connectivity index (χ3v) is 6.32. The van der Waals surface area contributed by atoms with Gasteiger partial charge in [0, 0.05) is 12.1 Å². The molecule has 10 heteroatoms.